The highest BCUT2D eigenvalue weighted by Crippen LogP contribution is 2.04. The molecule has 0 aromatic carbocycles. The number of aliphatic hydroxyl groups excluding tert-OH is 2. The molecule has 188 valence electrons. The Bertz CT molecular complexity index is 543. The first-order chi connectivity index (χ1) is 12.2. The molecule has 0 spiro atoms. The van der Waals surface area contributed by atoms with E-state index in [9.17, 15) is 24.0 Å². The molecule has 0 heterocycles. The van der Waals surface area contributed by atoms with Crippen LogP contribution in [0.3, 0.4) is 0 Å². The van der Waals surface area contributed by atoms with Gasteiger partial charge >= 0.3 is 29.8 Å². The van der Waals surface area contributed by atoms with Gasteiger partial charge in [0.2, 0.25) is 0 Å². The first kappa shape index (κ1) is 42.3. The number of carboxylic acids is 2. The van der Waals surface area contributed by atoms with Crippen molar-refractivity contribution in [1.82, 2.24) is 0 Å². The Balaban J connectivity index is -0.000000137. The van der Waals surface area contributed by atoms with E-state index >= 15 is 0 Å². The third-order valence-electron chi connectivity index (χ3n) is 2.59. The molecule has 0 bridgehead atoms. The Kier molecular flexibility index (Phi) is 27.9. The molecular weight excluding hydrogens is 432 g/mol. The zero-order valence-electron chi connectivity index (χ0n) is 16.9. The highest BCUT2D eigenvalue weighted by atomic mass is 16.6. The second-order valence-corrected chi connectivity index (χ2v) is 5.27. The van der Waals surface area contributed by atoms with Crippen molar-refractivity contribution in [3.05, 3.63) is 0 Å². The van der Waals surface area contributed by atoms with E-state index in [0.29, 0.717) is 0 Å². The molecule has 5 unspecified atom stereocenters. The lowest BCUT2D eigenvalue weighted by Gasteiger charge is -2.18. The molecule has 0 aliphatic heterocycles. The number of aliphatic carboxylic acids is 2. The van der Waals surface area contributed by atoms with Gasteiger partial charge in [0, 0.05) is 0 Å². The summed E-state index contributed by atoms with van der Waals surface area (Å²) in [5, 5.41) is 33.3. The van der Waals surface area contributed by atoms with Crippen LogP contribution in [0.2, 0.25) is 0 Å². The number of ether oxygens (including phenoxy) is 3. The molecule has 10 N–H and O–H groups in total. The summed E-state index contributed by atoms with van der Waals surface area (Å²) in [6, 6.07) is 0. The van der Waals surface area contributed by atoms with E-state index in [1.54, 1.807) is 0 Å². The van der Waals surface area contributed by atoms with Crippen molar-refractivity contribution < 1.29 is 75.0 Å². The molecule has 0 amide bonds. The molecular formula is C16H34O15. The number of carbonyl (C=O) groups is 5. The van der Waals surface area contributed by atoms with Crippen LogP contribution in [-0.4, -0.2) is 97.2 Å². The van der Waals surface area contributed by atoms with Crippen LogP contribution < -0.4 is 0 Å². The Morgan fingerprint density at radius 1 is 0.548 bits per heavy atom. The Morgan fingerprint density at radius 3 is 1.03 bits per heavy atom. The van der Waals surface area contributed by atoms with Gasteiger partial charge in [-0.25, -0.2) is 24.0 Å². The first-order valence-corrected chi connectivity index (χ1v) is 7.63. The molecule has 0 radical (unpaired) electrons. The van der Waals surface area contributed by atoms with Crippen molar-refractivity contribution in [1.29, 1.82) is 0 Å². The van der Waals surface area contributed by atoms with Crippen molar-refractivity contribution in [2.45, 2.75) is 72.6 Å². The minimum atomic E-state index is -1.40. The second kappa shape index (κ2) is 20.4. The van der Waals surface area contributed by atoms with Crippen LogP contribution in [-0.2, 0) is 38.2 Å². The molecule has 5 atom stereocenters. The van der Waals surface area contributed by atoms with E-state index in [2.05, 4.69) is 14.2 Å². The topological polar surface area (TPSA) is 288 Å². The SMILES string of the molecule is C.CC(O)C(=O)O.CC(O)C(=O)OC(C)C(=O)OC(C)C(=O)OC(C)C(=O)O.O.O.O. The summed E-state index contributed by atoms with van der Waals surface area (Å²) >= 11 is 0. The lowest BCUT2D eigenvalue weighted by Crippen LogP contribution is -2.36. The molecule has 0 fully saturated rings. The number of hydrogen-bond donors (Lipinski definition) is 4. The summed E-state index contributed by atoms with van der Waals surface area (Å²) in [6.07, 6.45) is -6.72. The molecule has 15 heteroatoms. The lowest BCUT2D eigenvalue weighted by molar-refractivity contribution is -0.182. The van der Waals surface area contributed by atoms with Crippen LogP contribution in [0.15, 0.2) is 0 Å². The van der Waals surface area contributed by atoms with Crippen LogP contribution in [0.5, 0.6) is 0 Å². The van der Waals surface area contributed by atoms with E-state index in [4.69, 9.17) is 20.4 Å². The molecule has 0 aliphatic rings. The van der Waals surface area contributed by atoms with E-state index in [1.165, 1.54) is 20.8 Å². The van der Waals surface area contributed by atoms with Gasteiger partial charge in [0.1, 0.15) is 12.2 Å². The summed E-state index contributed by atoms with van der Waals surface area (Å²) in [5.74, 6) is -5.63. The molecule has 0 saturated carbocycles. The van der Waals surface area contributed by atoms with Crippen LogP contribution >= 0.6 is 0 Å². The molecule has 0 aromatic rings. The van der Waals surface area contributed by atoms with Crippen molar-refractivity contribution in [3.63, 3.8) is 0 Å². The van der Waals surface area contributed by atoms with E-state index in [-0.39, 0.29) is 23.9 Å². The van der Waals surface area contributed by atoms with Crippen LogP contribution in [0, 0.1) is 0 Å². The zero-order valence-corrected chi connectivity index (χ0v) is 16.9. The average Bonchev–Trinajstić information content (AvgIpc) is 2.54. The lowest BCUT2D eigenvalue weighted by atomic mass is 10.3. The van der Waals surface area contributed by atoms with Crippen LogP contribution in [0.1, 0.15) is 42.0 Å². The summed E-state index contributed by atoms with van der Waals surface area (Å²) in [6.45, 7) is 5.87. The van der Waals surface area contributed by atoms with E-state index in [1.807, 2.05) is 0 Å². The van der Waals surface area contributed by atoms with E-state index < -0.39 is 60.4 Å². The van der Waals surface area contributed by atoms with Gasteiger partial charge in [0.05, 0.1) is 0 Å². The van der Waals surface area contributed by atoms with Gasteiger partial charge in [-0.05, 0) is 34.6 Å². The number of aliphatic hydroxyl groups is 2. The molecule has 31 heavy (non-hydrogen) atoms. The maximum Gasteiger partial charge on any atom is 0.347 e. The fraction of sp³-hybridized carbons (Fsp3) is 0.688. The minimum Gasteiger partial charge on any atom is -0.479 e. The Labute approximate surface area is 178 Å². The van der Waals surface area contributed by atoms with Crippen LogP contribution in [0.4, 0.5) is 0 Å². The normalized spacial score (nSPS) is 13.5. The predicted octanol–water partition coefficient (Wildman–Crippen LogP) is -3.14. The van der Waals surface area contributed by atoms with Gasteiger partial charge in [-0.1, -0.05) is 7.43 Å². The second-order valence-electron chi connectivity index (χ2n) is 5.27. The highest BCUT2D eigenvalue weighted by molar-refractivity contribution is 5.84. The highest BCUT2D eigenvalue weighted by Gasteiger charge is 2.28. The number of hydrogen-bond acceptors (Lipinski definition) is 10. The van der Waals surface area contributed by atoms with Gasteiger partial charge in [-0.15, -0.1) is 0 Å². The van der Waals surface area contributed by atoms with Gasteiger partial charge in [-0.3, -0.25) is 0 Å². The van der Waals surface area contributed by atoms with E-state index in [0.717, 1.165) is 13.8 Å². The summed E-state index contributed by atoms with van der Waals surface area (Å²) in [7, 11) is 0. The Morgan fingerprint density at radius 2 is 0.806 bits per heavy atom. The zero-order chi connectivity index (χ0) is 21.9. The molecule has 0 aliphatic carbocycles. The fourth-order valence-electron chi connectivity index (χ4n) is 0.959. The largest absolute Gasteiger partial charge is 0.479 e. The first-order valence-electron chi connectivity index (χ1n) is 7.63. The van der Waals surface area contributed by atoms with Gasteiger partial charge in [0.15, 0.2) is 18.3 Å². The van der Waals surface area contributed by atoms with Crippen molar-refractivity contribution in [3.8, 4) is 0 Å². The van der Waals surface area contributed by atoms with Gasteiger partial charge in [0.25, 0.3) is 0 Å². The summed E-state index contributed by atoms with van der Waals surface area (Å²) in [4.78, 5) is 54.0. The van der Waals surface area contributed by atoms with Crippen molar-refractivity contribution in [2.75, 3.05) is 0 Å². The number of carboxylic acid groups (broad SMARTS) is 2. The summed E-state index contributed by atoms with van der Waals surface area (Å²) in [5.41, 5.74) is 0. The third-order valence-corrected chi connectivity index (χ3v) is 2.59. The Hall–Kier alpha value is -2.85. The number of carbonyl (C=O) groups excluding carboxylic acids is 3. The quantitative estimate of drug-likeness (QED) is 0.204. The van der Waals surface area contributed by atoms with Crippen molar-refractivity contribution >= 4 is 29.8 Å². The maximum absolute atomic E-state index is 11.5. The molecule has 0 saturated heterocycles. The predicted molar refractivity (Wildman–Crippen MR) is 103 cm³/mol. The smallest absolute Gasteiger partial charge is 0.347 e. The van der Waals surface area contributed by atoms with Crippen molar-refractivity contribution in [2.24, 2.45) is 0 Å². The van der Waals surface area contributed by atoms with Gasteiger partial charge in [-0.2, -0.15) is 0 Å². The fourth-order valence-corrected chi connectivity index (χ4v) is 0.959. The number of esters is 3. The monoisotopic (exact) mass is 466 g/mol. The maximum atomic E-state index is 11.5. The van der Waals surface area contributed by atoms with Gasteiger partial charge < -0.3 is 51.1 Å². The van der Waals surface area contributed by atoms with Crippen LogP contribution in [0.25, 0.3) is 0 Å². The average molecular weight is 466 g/mol. The minimum absolute atomic E-state index is 0. The number of rotatable bonds is 8. The standard InChI is InChI=1S/C12H18O9.C3H6O3.CH4.3H2O/c1-5(13)10(16)20-7(3)12(18)21-8(4)11(17)19-6(2)9(14)15;1-2(4)3(5)6;;;;/h5-8,13H,1-4H3,(H,14,15);2,4H,1H3,(H,5,6);1H4;3*1H2. The molecule has 0 rings (SSSR count). The molecule has 0 aromatic heterocycles. The third kappa shape index (κ3) is 20.2. The summed E-state index contributed by atoms with van der Waals surface area (Å²) < 4.78 is 13.7. The molecule has 15 nitrogen and oxygen atoms in total.